The molecular weight excluding hydrogens is 328 g/mol. The van der Waals surface area contributed by atoms with Crippen LogP contribution < -0.4 is 20.7 Å². The number of methoxy groups -OCH3 is 1. The van der Waals surface area contributed by atoms with Crippen molar-refractivity contribution >= 4 is 15.9 Å². The van der Waals surface area contributed by atoms with Crippen molar-refractivity contribution in [3.63, 3.8) is 0 Å². The molecule has 0 aliphatic carbocycles. The van der Waals surface area contributed by atoms with Gasteiger partial charge in [-0.3, -0.25) is 14.3 Å². The van der Waals surface area contributed by atoms with Crippen LogP contribution in [0.2, 0.25) is 0 Å². The fourth-order valence-corrected chi connectivity index (χ4v) is 1.93. The van der Waals surface area contributed by atoms with E-state index < -0.39 is 11.2 Å². The number of ether oxygens (including phenoxy) is 2. The van der Waals surface area contributed by atoms with E-state index in [1.165, 1.54) is 10.8 Å². The molecule has 0 aliphatic heterocycles. The van der Waals surface area contributed by atoms with Gasteiger partial charge in [0.25, 0.3) is 5.56 Å². The molecule has 2 rings (SSSR count). The van der Waals surface area contributed by atoms with Gasteiger partial charge in [0, 0.05) is 6.20 Å². The van der Waals surface area contributed by atoms with Gasteiger partial charge >= 0.3 is 5.69 Å². The van der Waals surface area contributed by atoms with Crippen molar-refractivity contribution in [1.82, 2.24) is 9.55 Å². The number of aromatic nitrogens is 2. The zero-order valence-electron chi connectivity index (χ0n) is 10.8. The fraction of sp³-hybridized carbons (Fsp3) is 0.231. The van der Waals surface area contributed by atoms with Crippen molar-refractivity contribution in [2.45, 2.75) is 6.54 Å². The quantitative estimate of drug-likeness (QED) is 0.892. The third kappa shape index (κ3) is 3.51. The second-order valence-electron chi connectivity index (χ2n) is 3.95. The Hall–Kier alpha value is -2.02. The van der Waals surface area contributed by atoms with Gasteiger partial charge < -0.3 is 9.47 Å². The van der Waals surface area contributed by atoms with E-state index in [2.05, 4.69) is 20.9 Å². The molecule has 1 aromatic heterocycles. The van der Waals surface area contributed by atoms with Gasteiger partial charge in [-0.2, -0.15) is 0 Å². The molecule has 0 saturated carbocycles. The first kappa shape index (κ1) is 14.4. The van der Waals surface area contributed by atoms with Crippen LogP contribution in [-0.4, -0.2) is 23.3 Å². The molecule has 0 atom stereocenters. The SMILES string of the molecule is COc1ccc(OCCn2cc(Br)c(=O)[nH]c2=O)cc1. The molecule has 0 saturated heterocycles. The maximum absolute atomic E-state index is 11.5. The lowest BCUT2D eigenvalue weighted by atomic mass is 10.3. The lowest BCUT2D eigenvalue weighted by molar-refractivity contribution is 0.294. The van der Waals surface area contributed by atoms with Crippen molar-refractivity contribution in [2.75, 3.05) is 13.7 Å². The van der Waals surface area contributed by atoms with Crippen LogP contribution in [0.25, 0.3) is 0 Å². The van der Waals surface area contributed by atoms with Gasteiger partial charge in [-0.1, -0.05) is 0 Å². The lowest BCUT2D eigenvalue weighted by Crippen LogP contribution is -2.31. The molecule has 2 aromatic rings. The van der Waals surface area contributed by atoms with Gasteiger partial charge in [-0.05, 0) is 40.2 Å². The van der Waals surface area contributed by atoms with Crippen LogP contribution in [0.3, 0.4) is 0 Å². The summed E-state index contributed by atoms with van der Waals surface area (Å²) in [5.74, 6) is 1.43. The molecule has 6 nitrogen and oxygen atoms in total. The van der Waals surface area contributed by atoms with E-state index in [9.17, 15) is 9.59 Å². The summed E-state index contributed by atoms with van der Waals surface area (Å²) in [6.07, 6.45) is 1.44. The minimum Gasteiger partial charge on any atom is -0.497 e. The van der Waals surface area contributed by atoms with Crippen LogP contribution in [0.15, 0.2) is 44.5 Å². The molecule has 0 aliphatic rings. The molecule has 20 heavy (non-hydrogen) atoms. The summed E-state index contributed by atoms with van der Waals surface area (Å²) in [5, 5.41) is 0. The smallest absolute Gasteiger partial charge is 0.328 e. The van der Waals surface area contributed by atoms with Crippen LogP contribution in [0.5, 0.6) is 11.5 Å². The number of H-pyrrole nitrogens is 1. The number of nitrogens with zero attached hydrogens (tertiary/aromatic N) is 1. The van der Waals surface area contributed by atoms with Crippen LogP contribution in [0, 0.1) is 0 Å². The summed E-state index contributed by atoms with van der Waals surface area (Å²) in [6.45, 7) is 0.644. The fourth-order valence-electron chi connectivity index (χ4n) is 1.58. The van der Waals surface area contributed by atoms with Gasteiger partial charge in [-0.15, -0.1) is 0 Å². The molecule has 0 unspecified atom stereocenters. The monoisotopic (exact) mass is 340 g/mol. The first-order valence-electron chi connectivity index (χ1n) is 5.86. The first-order chi connectivity index (χ1) is 9.60. The Morgan fingerprint density at radius 2 is 1.85 bits per heavy atom. The van der Waals surface area contributed by atoms with Crippen molar-refractivity contribution in [3.05, 3.63) is 55.8 Å². The minimum absolute atomic E-state index is 0.307. The zero-order chi connectivity index (χ0) is 14.5. The molecule has 0 bridgehead atoms. The maximum atomic E-state index is 11.5. The molecule has 0 spiro atoms. The van der Waals surface area contributed by atoms with Gasteiger partial charge in [0.05, 0.1) is 18.1 Å². The van der Waals surface area contributed by atoms with E-state index in [0.717, 1.165) is 5.75 Å². The number of benzene rings is 1. The van der Waals surface area contributed by atoms with Gasteiger partial charge in [0.15, 0.2) is 0 Å². The van der Waals surface area contributed by atoms with Crippen LogP contribution >= 0.6 is 15.9 Å². The summed E-state index contributed by atoms with van der Waals surface area (Å²) < 4.78 is 12.2. The molecule has 1 heterocycles. The number of rotatable bonds is 5. The summed E-state index contributed by atoms with van der Waals surface area (Å²) in [5.41, 5.74) is -0.904. The molecule has 1 aromatic carbocycles. The second-order valence-corrected chi connectivity index (χ2v) is 4.81. The largest absolute Gasteiger partial charge is 0.497 e. The first-order valence-corrected chi connectivity index (χ1v) is 6.65. The van der Waals surface area contributed by atoms with Gasteiger partial charge in [0.1, 0.15) is 18.1 Å². The Bertz CT molecular complexity index is 691. The number of hydrogen-bond acceptors (Lipinski definition) is 4. The summed E-state index contributed by atoms with van der Waals surface area (Å²) in [4.78, 5) is 24.9. The number of hydrogen-bond donors (Lipinski definition) is 1. The number of aromatic amines is 1. The van der Waals surface area contributed by atoms with E-state index in [0.29, 0.717) is 23.4 Å². The summed E-state index contributed by atoms with van der Waals surface area (Å²) >= 11 is 3.07. The molecule has 0 radical (unpaired) electrons. The number of halogens is 1. The molecular formula is C13H13BrN2O4. The van der Waals surface area contributed by atoms with Crippen molar-refractivity contribution in [1.29, 1.82) is 0 Å². The maximum Gasteiger partial charge on any atom is 0.328 e. The van der Waals surface area contributed by atoms with E-state index in [-0.39, 0.29) is 0 Å². The average molecular weight is 341 g/mol. The Morgan fingerprint density at radius 1 is 1.20 bits per heavy atom. The Kier molecular flexibility index (Phi) is 4.62. The highest BCUT2D eigenvalue weighted by molar-refractivity contribution is 9.10. The Balaban J connectivity index is 1.97. The predicted octanol–water partition coefficient (Wildman–Crippen LogP) is 1.39. The topological polar surface area (TPSA) is 73.3 Å². The third-order valence-electron chi connectivity index (χ3n) is 2.63. The highest BCUT2D eigenvalue weighted by atomic mass is 79.9. The van der Waals surface area contributed by atoms with E-state index in [1.807, 2.05) is 0 Å². The number of nitrogens with one attached hydrogen (secondary N) is 1. The average Bonchev–Trinajstić information content (AvgIpc) is 2.45. The Morgan fingerprint density at radius 3 is 2.50 bits per heavy atom. The van der Waals surface area contributed by atoms with Gasteiger partial charge in [-0.25, -0.2) is 4.79 Å². The molecule has 1 N–H and O–H groups in total. The lowest BCUT2D eigenvalue weighted by Gasteiger charge is -2.08. The molecule has 0 amide bonds. The van der Waals surface area contributed by atoms with Crippen LogP contribution in [0.1, 0.15) is 0 Å². The summed E-state index contributed by atoms with van der Waals surface area (Å²) in [7, 11) is 1.59. The van der Waals surface area contributed by atoms with Crippen LogP contribution in [0.4, 0.5) is 0 Å². The highest BCUT2D eigenvalue weighted by Crippen LogP contribution is 2.16. The predicted molar refractivity (Wildman–Crippen MR) is 77.5 cm³/mol. The van der Waals surface area contributed by atoms with Gasteiger partial charge in [0.2, 0.25) is 0 Å². The van der Waals surface area contributed by atoms with E-state index in [1.54, 1.807) is 31.4 Å². The Labute approximate surface area is 123 Å². The molecule has 0 fully saturated rings. The van der Waals surface area contributed by atoms with E-state index >= 15 is 0 Å². The second kappa shape index (κ2) is 6.42. The highest BCUT2D eigenvalue weighted by Gasteiger charge is 2.02. The van der Waals surface area contributed by atoms with E-state index in [4.69, 9.17) is 9.47 Å². The normalized spacial score (nSPS) is 10.3. The van der Waals surface area contributed by atoms with Crippen molar-refractivity contribution < 1.29 is 9.47 Å². The van der Waals surface area contributed by atoms with Crippen LogP contribution in [-0.2, 0) is 6.54 Å². The van der Waals surface area contributed by atoms with Crippen molar-refractivity contribution in [3.8, 4) is 11.5 Å². The zero-order valence-corrected chi connectivity index (χ0v) is 12.3. The summed E-state index contributed by atoms with van der Waals surface area (Å²) in [6, 6.07) is 7.14. The van der Waals surface area contributed by atoms with Crippen molar-refractivity contribution in [2.24, 2.45) is 0 Å². The third-order valence-corrected chi connectivity index (χ3v) is 3.19. The molecule has 7 heteroatoms. The molecule has 106 valence electrons. The standard InChI is InChI=1S/C13H13BrN2O4/c1-19-9-2-4-10(5-3-9)20-7-6-16-8-11(14)12(17)15-13(16)18/h2-5,8H,6-7H2,1H3,(H,15,17,18). The minimum atomic E-state index is -0.462.